The summed E-state index contributed by atoms with van der Waals surface area (Å²) in [5, 5.41) is 0. The SMILES string of the molecule is CC(CC(CN)N(C)Cc1ccncc1)c1ccccc1. The molecule has 3 nitrogen and oxygen atoms in total. The number of hydrogen-bond donors (Lipinski definition) is 1. The maximum absolute atomic E-state index is 6.00. The molecular weight excluding hydrogens is 258 g/mol. The molecule has 2 unspecified atom stereocenters. The quantitative estimate of drug-likeness (QED) is 0.849. The molecule has 0 amide bonds. The van der Waals surface area contributed by atoms with Crippen molar-refractivity contribution in [3.8, 4) is 0 Å². The minimum absolute atomic E-state index is 0.383. The lowest BCUT2D eigenvalue weighted by atomic mass is 9.93. The van der Waals surface area contributed by atoms with E-state index < -0.39 is 0 Å². The fraction of sp³-hybridized carbons (Fsp3) is 0.389. The van der Waals surface area contributed by atoms with Crippen molar-refractivity contribution < 1.29 is 0 Å². The van der Waals surface area contributed by atoms with Crippen LogP contribution in [-0.4, -0.2) is 29.5 Å². The summed E-state index contributed by atoms with van der Waals surface area (Å²) in [6.07, 6.45) is 4.75. The fourth-order valence-corrected chi connectivity index (χ4v) is 2.69. The maximum Gasteiger partial charge on any atom is 0.0271 e. The molecule has 0 bridgehead atoms. The number of nitrogens with two attached hydrogens (primary N) is 1. The first-order chi connectivity index (χ1) is 10.2. The van der Waals surface area contributed by atoms with Gasteiger partial charge in [-0.3, -0.25) is 9.88 Å². The van der Waals surface area contributed by atoms with Crippen molar-refractivity contribution in [1.29, 1.82) is 0 Å². The summed E-state index contributed by atoms with van der Waals surface area (Å²) in [7, 11) is 2.15. The summed E-state index contributed by atoms with van der Waals surface area (Å²) < 4.78 is 0. The Morgan fingerprint density at radius 3 is 2.38 bits per heavy atom. The van der Waals surface area contributed by atoms with Crippen molar-refractivity contribution in [1.82, 2.24) is 9.88 Å². The van der Waals surface area contributed by atoms with Crippen molar-refractivity contribution in [2.45, 2.75) is 31.8 Å². The Labute approximate surface area is 127 Å². The molecule has 0 spiro atoms. The molecule has 0 aliphatic rings. The zero-order chi connectivity index (χ0) is 15.1. The van der Waals surface area contributed by atoms with Crippen LogP contribution in [0.15, 0.2) is 54.9 Å². The van der Waals surface area contributed by atoms with Gasteiger partial charge in [-0.2, -0.15) is 0 Å². The molecular formula is C18H25N3. The third-order valence-electron chi connectivity index (χ3n) is 4.07. The van der Waals surface area contributed by atoms with Crippen LogP contribution in [0.1, 0.15) is 30.4 Å². The standard InChI is InChI=1S/C18H25N3/c1-15(17-6-4-3-5-7-17)12-18(13-19)21(2)14-16-8-10-20-11-9-16/h3-11,15,18H,12-14,19H2,1-2H3. The van der Waals surface area contributed by atoms with E-state index in [1.165, 1.54) is 11.1 Å². The second-order valence-corrected chi connectivity index (χ2v) is 5.71. The average Bonchev–Trinajstić information content (AvgIpc) is 2.54. The second kappa shape index (κ2) is 7.91. The summed E-state index contributed by atoms with van der Waals surface area (Å²) in [5.74, 6) is 0.514. The van der Waals surface area contributed by atoms with E-state index in [-0.39, 0.29) is 0 Å². The molecule has 0 saturated carbocycles. The van der Waals surface area contributed by atoms with E-state index in [1.54, 1.807) is 0 Å². The van der Waals surface area contributed by atoms with E-state index in [0.717, 1.165) is 13.0 Å². The van der Waals surface area contributed by atoms with Gasteiger partial charge in [0.05, 0.1) is 0 Å². The zero-order valence-corrected chi connectivity index (χ0v) is 12.9. The Bertz CT molecular complexity index is 513. The molecule has 2 atom stereocenters. The van der Waals surface area contributed by atoms with Gasteiger partial charge < -0.3 is 5.73 Å². The van der Waals surface area contributed by atoms with Crippen LogP contribution in [0.4, 0.5) is 0 Å². The largest absolute Gasteiger partial charge is 0.329 e. The summed E-state index contributed by atoms with van der Waals surface area (Å²) in [4.78, 5) is 6.40. The predicted octanol–water partition coefficient (Wildman–Crippen LogP) is 3.03. The van der Waals surface area contributed by atoms with Gasteiger partial charge >= 0.3 is 0 Å². The maximum atomic E-state index is 6.00. The van der Waals surface area contributed by atoms with Crippen molar-refractivity contribution in [3.63, 3.8) is 0 Å². The molecule has 0 radical (unpaired) electrons. The molecule has 0 aliphatic heterocycles. The van der Waals surface area contributed by atoms with E-state index in [4.69, 9.17) is 5.73 Å². The van der Waals surface area contributed by atoms with Crippen LogP contribution in [-0.2, 0) is 6.54 Å². The molecule has 0 fully saturated rings. The minimum atomic E-state index is 0.383. The number of aromatic nitrogens is 1. The summed E-state index contributed by atoms with van der Waals surface area (Å²) >= 11 is 0. The normalized spacial score (nSPS) is 14.1. The van der Waals surface area contributed by atoms with Gasteiger partial charge in [0.1, 0.15) is 0 Å². The van der Waals surface area contributed by atoms with Crippen LogP contribution in [0.2, 0.25) is 0 Å². The second-order valence-electron chi connectivity index (χ2n) is 5.71. The first-order valence-corrected chi connectivity index (χ1v) is 7.55. The lowest BCUT2D eigenvalue weighted by Gasteiger charge is -2.29. The van der Waals surface area contributed by atoms with E-state index in [0.29, 0.717) is 18.5 Å². The van der Waals surface area contributed by atoms with Crippen molar-refractivity contribution in [2.75, 3.05) is 13.6 Å². The Hall–Kier alpha value is -1.71. The molecule has 1 aromatic carbocycles. The third kappa shape index (κ3) is 4.66. The molecule has 0 saturated heterocycles. The fourth-order valence-electron chi connectivity index (χ4n) is 2.69. The molecule has 2 rings (SSSR count). The van der Waals surface area contributed by atoms with Crippen LogP contribution in [0.25, 0.3) is 0 Å². The molecule has 1 heterocycles. The Morgan fingerprint density at radius 2 is 1.76 bits per heavy atom. The number of likely N-dealkylation sites (N-methyl/N-ethyl adjacent to an activating group) is 1. The van der Waals surface area contributed by atoms with Gasteiger partial charge in [-0.25, -0.2) is 0 Å². The summed E-state index contributed by atoms with van der Waals surface area (Å²) in [6, 6.07) is 15.2. The number of hydrogen-bond acceptors (Lipinski definition) is 3. The van der Waals surface area contributed by atoms with E-state index in [2.05, 4.69) is 66.3 Å². The average molecular weight is 283 g/mol. The minimum Gasteiger partial charge on any atom is -0.329 e. The van der Waals surface area contributed by atoms with Gasteiger partial charge in [0.2, 0.25) is 0 Å². The van der Waals surface area contributed by atoms with Gasteiger partial charge in [-0.1, -0.05) is 37.3 Å². The van der Waals surface area contributed by atoms with Crippen LogP contribution < -0.4 is 5.73 Å². The van der Waals surface area contributed by atoms with Crippen molar-refractivity contribution in [2.24, 2.45) is 5.73 Å². The third-order valence-corrected chi connectivity index (χ3v) is 4.07. The van der Waals surface area contributed by atoms with E-state index in [1.807, 2.05) is 12.4 Å². The highest BCUT2D eigenvalue weighted by Crippen LogP contribution is 2.22. The molecule has 2 N–H and O–H groups in total. The monoisotopic (exact) mass is 283 g/mol. The van der Waals surface area contributed by atoms with Crippen LogP contribution in [0, 0.1) is 0 Å². The lowest BCUT2D eigenvalue weighted by Crippen LogP contribution is -2.38. The molecule has 112 valence electrons. The molecule has 2 aromatic rings. The van der Waals surface area contributed by atoms with Gasteiger partial charge in [0.15, 0.2) is 0 Å². The Balaban J connectivity index is 1.96. The van der Waals surface area contributed by atoms with Gasteiger partial charge in [0.25, 0.3) is 0 Å². The smallest absolute Gasteiger partial charge is 0.0271 e. The zero-order valence-electron chi connectivity index (χ0n) is 12.9. The number of nitrogens with zero attached hydrogens (tertiary/aromatic N) is 2. The molecule has 21 heavy (non-hydrogen) atoms. The van der Waals surface area contributed by atoms with Gasteiger partial charge in [0, 0.05) is 31.5 Å². The number of rotatable bonds is 7. The highest BCUT2D eigenvalue weighted by Gasteiger charge is 2.17. The van der Waals surface area contributed by atoms with Crippen LogP contribution in [0.3, 0.4) is 0 Å². The summed E-state index contributed by atoms with van der Waals surface area (Å²) in [6.45, 7) is 3.86. The first kappa shape index (κ1) is 15.7. The van der Waals surface area contributed by atoms with E-state index in [9.17, 15) is 0 Å². The molecule has 3 heteroatoms. The molecule has 0 aliphatic carbocycles. The lowest BCUT2D eigenvalue weighted by molar-refractivity contribution is 0.219. The first-order valence-electron chi connectivity index (χ1n) is 7.55. The van der Waals surface area contributed by atoms with Crippen molar-refractivity contribution >= 4 is 0 Å². The predicted molar refractivity (Wildman–Crippen MR) is 88.0 cm³/mol. The van der Waals surface area contributed by atoms with Crippen LogP contribution in [0.5, 0.6) is 0 Å². The van der Waals surface area contributed by atoms with Crippen molar-refractivity contribution in [3.05, 3.63) is 66.0 Å². The highest BCUT2D eigenvalue weighted by atomic mass is 15.1. The highest BCUT2D eigenvalue weighted by molar-refractivity contribution is 5.19. The van der Waals surface area contributed by atoms with Gasteiger partial charge in [-0.15, -0.1) is 0 Å². The van der Waals surface area contributed by atoms with Gasteiger partial charge in [-0.05, 0) is 42.6 Å². The summed E-state index contributed by atoms with van der Waals surface area (Å²) in [5.41, 5.74) is 8.66. The molecule has 1 aromatic heterocycles. The Morgan fingerprint density at radius 1 is 1.10 bits per heavy atom. The van der Waals surface area contributed by atoms with E-state index >= 15 is 0 Å². The van der Waals surface area contributed by atoms with Crippen LogP contribution >= 0.6 is 0 Å². The number of pyridine rings is 1. The topological polar surface area (TPSA) is 42.1 Å². The Kier molecular flexibility index (Phi) is 5.90. The number of benzene rings is 1.